The first-order valence-electron chi connectivity index (χ1n) is 6.72. The highest BCUT2D eigenvalue weighted by Gasteiger charge is 2.26. The summed E-state index contributed by atoms with van der Waals surface area (Å²) in [4.78, 5) is 46.4. The number of carbonyl (C=O) groups is 3. The predicted molar refractivity (Wildman–Crippen MR) is 89.0 cm³/mol. The SMILES string of the molecule is O=C1NC(=O)C(=C/C=C/c2coc3cc(Br)ccc3c2=O)C(=O)N1. The van der Waals surface area contributed by atoms with Gasteiger partial charge >= 0.3 is 6.03 Å². The van der Waals surface area contributed by atoms with E-state index in [0.29, 0.717) is 11.0 Å². The largest absolute Gasteiger partial charge is 0.463 e. The van der Waals surface area contributed by atoms with Crippen LogP contribution >= 0.6 is 15.9 Å². The van der Waals surface area contributed by atoms with E-state index in [-0.39, 0.29) is 16.6 Å². The molecule has 0 bridgehead atoms. The van der Waals surface area contributed by atoms with Gasteiger partial charge in [0, 0.05) is 4.47 Å². The number of urea groups is 1. The second-order valence-electron chi connectivity index (χ2n) is 4.84. The summed E-state index contributed by atoms with van der Waals surface area (Å²) < 4.78 is 6.19. The summed E-state index contributed by atoms with van der Waals surface area (Å²) in [6.45, 7) is 0. The Hall–Kier alpha value is -3.00. The average Bonchev–Trinajstić information content (AvgIpc) is 2.51. The third kappa shape index (κ3) is 3.04. The Bertz CT molecular complexity index is 981. The maximum absolute atomic E-state index is 12.3. The first-order valence-corrected chi connectivity index (χ1v) is 7.51. The predicted octanol–water partition coefficient (Wildman–Crippen LogP) is 1.86. The summed E-state index contributed by atoms with van der Waals surface area (Å²) in [6, 6.07) is 4.17. The number of hydrogen-bond donors (Lipinski definition) is 2. The van der Waals surface area contributed by atoms with Gasteiger partial charge in [-0.05, 0) is 30.4 Å². The van der Waals surface area contributed by atoms with E-state index in [1.54, 1.807) is 18.2 Å². The van der Waals surface area contributed by atoms with Gasteiger partial charge in [0.15, 0.2) is 5.43 Å². The topological polar surface area (TPSA) is 105 Å². The number of carbonyl (C=O) groups excluding carboxylic acids is 3. The first-order chi connectivity index (χ1) is 11.5. The van der Waals surface area contributed by atoms with E-state index in [4.69, 9.17) is 4.42 Å². The minimum atomic E-state index is -0.868. The van der Waals surface area contributed by atoms with Gasteiger partial charge in [0.25, 0.3) is 11.8 Å². The number of rotatable bonds is 2. The lowest BCUT2D eigenvalue weighted by Crippen LogP contribution is -2.51. The van der Waals surface area contributed by atoms with Crippen molar-refractivity contribution < 1.29 is 18.8 Å². The smallest absolute Gasteiger partial charge is 0.328 e. The molecule has 0 atom stereocenters. The van der Waals surface area contributed by atoms with Gasteiger partial charge in [-0.2, -0.15) is 0 Å². The van der Waals surface area contributed by atoms with Crippen molar-refractivity contribution in [3.8, 4) is 0 Å². The van der Waals surface area contributed by atoms with Crippen LogP contribution < -0.4 is 16.1 Å². The maximum atomic E-state index is 12.3. The van der Waals surface area contributed by atoms with E-state index in [9.17, 15) is 19.2 Å². The molecule has 8 heteroatoms. The monoisotopic (exact) mass is 388 g/mol. The third-order valence-corrected chi connectivity index (χ3v) is 3.74. The van der Waals surface area contributed by atoms with Gasteiger partial charge in [0.1, 0.15) is 17.4 Å². The number of allylic oxidation sites excluding steroid dienone is 2. The fraction of sp³-hybridized carbons (Fsp3) is 0. The molecule has 1 aliphatic heterocycles. The first kappa shape index (κ1) is 15.9. The molecule has 2 heterocycles. The number of nitrogens with one attached hydrogen (secondary N) is 2. The summed E-state index contributed by atoms with van der Waals surface area (Å²) in [5.41, 5.74) is 0.217. The fourth-order valence-corrected chi connectivity index (χ4v) is 2.45. The van der Waals surface area contributed by atoms with Crippen LogP contribution in [0.25, 0.3) is 17.0 Å². The molecule has 0 radical (unpaired) electrons. The molecule has 0 saturated carbocycles. The number of benzene rings is 1. The van der Waals surface area contributed by atoms with Crippen molar-refractivity contribution in [2.75, 3.05) is 0 Å². The van der Waals surface area contributed by atoms with Crippen LogP contribution in [0.2, 0.25) is 0 Å². The zero-order valence-electron chi connectivity index (χ0n) is 12.0. The van der Waals surface area contributed by atoms with Gasteiger partial charge in [0.2, 0.25) is 0 Å². The Morgan fingerprint density at radius 3 is 2.46 bits per heavy atom. The molecule has 2 N–H and O–H groups in total. The van der Waals surface area contributed by atoms with Crippen LogP contribution in [0.3, 0.4) is 0 Å². The van der Waals surface area contributed by atoms with Crippen LogP contribution in [0, 0.1) is 0 Å². The zero-order valence-corrected chi connectivity index (χ0v) is 13.5. The number of hydrogen-bond acceptors (Lipinski definition) is 5. The fourth-order valence-electron chi connectivity index (χ4n) is 2.11. The second kappa shape index (κ2) is 6.25. The number of fused-ring (bicyclic) bond motifs is 1. The van der Waals surface area contributed by atoms with Crippen molar-refractivity contribution in [2.45, 2.75) is 0 Å². The molecule has 3 rings (SSSR count). The van der Waals surface area contributed by atoms with Gasteiger partial charge in [-0.1, -0.05) is 22.0 Å². The number of amides is 4. The highest BCUT2D eigenvalue weighted by atomic mass is 79.9. The Labute approximate surface area is 143 Å². The molecule has 1 aliphatic rings. The second-order valence-corrected chi connectivity index (χ2v) is 5.75. The summed E-state index contributed by atoms with van der Waals surface area (Å²) in [5.74, 6) is -1.60. The Balaban J connectivity index is 1.92. The highest BCUT2D eigenvalue weighted by molar-refractivity contribution is 9.10. The molecule has 4 amide bonds. The van der Waals surface area contributed by atoms with E-state index < -0.39 is 17.8 Å². The van der Waals surface area contributed by atoms with Crippen LogP contribution in [-0.4, -0.2) is 17.8 Å². The minimum absolute atomic E-state index is 0.236. The van der Waals surface area contributed by atoms with Gasteiger partial charge < -0.3 is 4.42 Å². The molecule has 0 aliphatic carbocycles. The van der Waals surface area contributed by atoms with E-state index in [2.05, 4.69) is 15.9 Å². The Kier molecular flexibility index (Phi) is 4.13. The molecule has 7 nitrogen and oxygen atoms in total. The van der Waals surface area contributed by atoms with E-state index in [1.165, 1.54) is 24.5 Å². The molecule has 120 valence electrons. The lowest BCUT2D eigenvalue weighted by Gasteiger charge is -2.12. The Morgan fingerprint density at radius 1 is 1.04 bits per heavy atom. The van der Waals surface area contributed by atoms with E-state index >= 15 is 0 Å². The van der Waals surface area contributed by atoms with Crippen LogP contribution in [-0.2, 0) is 9.59 Å². The van der Waals surface area contributed by atoms with Crippen molar-refractivity contribution in [1.29, 1.82) is 0 Å². The quantitative estimate of drug-likeness (QED) is 0.603. The summed E-state index contributed by atoms with van der Waals surface area (Å²) in [5, 5.41) is 4.31. The van der Waals surface area contributed by atoms with E-state index in [0.717, 1.165) is 4.47 Å². The molecule has 24 heavy (non-hydrogen) atoms. The summed E-state index contributed by atoms with van der Waals surface area (Å²) in [7, 11) is 0. The molecular formula is C16H9BrN2O5. The summed E-state index contributed by atoms with van der Waals surface area (Å²) in [6.07, 6.45) is 5.28. The van der Waals surface area contributed by atoms with Crippen molar-refractivity contribution in [3.63, 3.8) is 0 Å². The zero-order chi connectivity index (χ0) is 17.3. The number of barbiturate groups is 1. The molecule has 0 unspecified atom stereocenters. The third-order valence-electron chi connectivity index (χ3n) is 3.25. The molecular weight excluding hydrogens is 380 g/mol. The number of imide groups is 2. The van der Waals surface area contributed by atoms with Crippen LogP contribution in [0.15, 0.2) is 55.9 Å². The molecule has 1 aromatic heterocycles. The van der Waals surface area contributed by atoms with Gasteiger partial charge in [-0.15, -0.1) is 0 Å². The van der Waals surface area contributed by atoms with Crippen molar-refractivity contribution in [1.82, 2.24) is 10.6 Å². The Morgan fingerprint density at radius 2 is 1.75 bits per heavy atom. The molecule has 0 spiro atoms. The molecule has 1 aromatic carbocycles. The lowest BCUT2D eigenvalue weighted by molar-refractivity contribution is -0.124. The van der Waals surface area contributed by atoms with Gasteiger partial charge in [-0.25, -0.2) is 4.79 Å². The van der Waals surface area contributed by atoms with Crippen molar-refractivity contribution >= 4 is 50.8 Å². The van der Waals surface area contributed by atoms with Gasteiger partial charge in [0.05, 0.1) is 10.9 Å². The van der Waals surface area contributed by atoms with Crippen LogP contribution in [0.1, 0.15) is 5.56 Å². The normalized spacial score (nSPS) is 14.9. The van der Waals surface area contributed by atoms with Crippen molar-refractivity contribution in [2.24, 2.45) is 0 Å². The van der Waals surface area contributed by atoms with Gasteiger partial charge in [-0.3, -0.25) is 25.0 Å². The molecule has 2 aromatic rings. The molecule has 1 saturated heterocycles. The van der Waals surface area contributed by atoms with Crippen LogP contribution in [0.5, 0.6) is 0 Å². The van der Waals surface area contributed by atoms with Crippen molar-refractivity contribution in [3.05, 3.63) is 62.4 Å². The molecule has 1 fully saturated rings. The van der Waals surface area contributed by atoms with Crippen LogP contribution in [0.4, 0.5) is 4.79 Å². The lowest BCUT2D eigenvalue weighted by atomic mass is 10.1. The average molecular weight is 389 g/mol. The minimum Gasteiger partial charge on any atom is -0.463 e. The highest BCUT2D eigenvalue weighted by Crippen LogP contribution is 2.18. The maximum Gasteiger partial charge on any atom is 0.328 e. The standard InChI is InChI=1S/C16H9BrN2O5/c17-9-4-5-10-12(6-9)24-7-8(13(10)20)2-1-3-11-14(21)18-16(23)19-15(11)22/h1-7H,(H2,18,19,21,22,23)/b2-1+. The van der Waals surface area contributed by atoms with E-state index in [1.807, 2.05) is 10.6 Å². The number of halogens is 1. The summed E-state index contributed by atoms with van der Waals surface area (Å²) >= 11 is 3.29.